The van der Waals surface area contributed by atoms with E-state index in [4.69, 9.17) is 11.6 Å². The first-order valence-corrected chi connectivity index (χ1v) is 11.5. The molecule has 1 heterocycles. The van der Waals surface area contributed by atoms with Gasteiger partial charge < -0.3 is 10.6 Å². The first-order valence-electron chi connectivity index (χ1n) is 11.1. The lowest BCUT2D eigenvalue weighted by molar-refractivity contribution is -0.116. The van der Waals surface area contributed by atoms with Crippen molar-refractivity contribution in [1.82, 2.24) is 14.5 Å². The van der Waals surface area contributed by atoms with E-state index in [1.54, 1.807) is 24.3 Å². The molecule has 1 aromatic heterocycles. The summed E-state index contributed by atoms with van der Waals surface area (Å²) in [5.74, 6) is -0.873. The number of nitrogens with zero attached hydrogens (tertiary/aromatic N) is 2. The molecule has 0 aliphatic heterocycles. The normalized spacial score (nSPS) is 10.7. The van der Waals surface area contributed by atoms with E-state index in [9.17, 15) is 19.2 Å². The number of carbonyl (C=O) groups excluding carboxylic acids is 2. The van der Waals surface area contributed by atoms with Crippen molar-refractivity contribution in [2.24, 2.45) is 0 Å². The Labute approximate surface area is 211 Å². The molecule has 3 aromatic carbocycles. The van der Waals surface area contributed by atoms with Gasteiger partial charge in [-0.1, -0.05) is 54.1 Å². The quantitative estimate of drug-likeness (QED) is 0.359. The van der Waals surface area contributed by atoms with Crippen molar-refractivity contribution in [3.8, 4) is 0 Å². The van der Waals surface area contributed by atoms with E-state index in [-0.39, 0.29) is 35.5 Å². The van der Waals surface area contributed by atoms with Crippen LogP contribution >= 0.6 is 11.6 Å². The molecule has 0 fully saturated rings. The minimum absolute atomic E-state index is 0.0250. The zero-order valence-electron chi connectivity index (χ0n) is 19.2. The Morgan fingerprint density at radius 2 is 1.72 bits per heavy atom. The van der Waals surface area contributed by atoms with Crippen molar-refractivity contribution >= 4 is 40.0 Å². The Kier molecular flexibility index (Phi) is 7.46. The van der Waals surface area contributed by atoms with Crippen LogP contribution in [0.2, 0.25) is 5.02 Å². The highest BCUT2D eigenvalue weighted by Crippen LogP contribution is 2.16. The number of carbonyl (C=O) groups is 2. The molecule has 2 N–H and O–H groups in total. The summed E-state index contributed by atoms with van der Waals surface area (Å²) in [6, 6.07) is 20.5. The molecule has 4 aromatic rings. The Morgan fingerprint density at radius 3 is 2.44 bits per heavy atom. The maximum atomic E-state index is 13.2. The number of aromatic nitrogens is 2. The van der Waals surface area contributed by atoms with Gasteiger partial charge in [0.05, 0.1) is 10.9 Å². The van der Waals surface area contributed by atoms with Crippen LogP contribution in [0.25, 0.3) is 10.9 Å². The molecule has 182 valence electrons. The molecule has 0 atom stereocenters. The molecule has 0 radical (unpaired) electrons. The van der Waals surface area contributed by atoms with Gasteiger partial charge in [0.15, 0.2) is 0 Å². The summed E-state index contributed by atoms with van der Waals surface area (Å²) < 4.78 is 2.17. The summed E-state index contributed by atoms with van der Waals surface area (Å²) >= 11 is 5.98. The summed E-state index contributed by atoms with van der Waals surface area (Å²) in [5, 5.41) is 6.17. The lowest BCUT2D eigenvalue weighted by atomic mass is 10.1. The number of hydrogen-bond donors (Lipinski definition) is 2. The fourth-order valence-electron chi connectivity index (χ4n) is 3.79. The highest BCUT2D eigenvalue weighted by Gasteiger charge is 2.17. The van der Waals surface area contributed by atoms with Gasteiger partial charge in [0, 0.05) is 29.4 Å². The highest BCUT2D eigenvalue weighted by molar-refractivity contribution is 6.30. The zero-order valence-corrected chi connectivity index (χ0v) is 20.0. The lowest BCUT2D eigenvalue weighted by Gasteiger charge is -2.14. The van der Waals surface area contributed by atoms with E-state index in [0.717, 1.165) is 10.1 Å². The third-order valence-corrected chi connectivity index (χ3v) is 5.74. The fourth-order valence-corrected chi connectivity index (χ4v) is 3.98. The topological polar surface area (TPSA) is 102 Å². The van der Waals surface area contributed by atoms with E-state index in [0.29, 0.717) is 17.3 Å². The van der Waals surface area contributed by atoms with Gasteiger partial charge in [-0.25, -0.2) is 4.79 Å². The van der Waals surface area contributed by atoms with Crippen molar-refractivity contribution in [1.29, 1.82) is 0 Å². The Bertz CT molecular complexity index is 1570. The van der Waals surface area contributed by atoms with Crippen LogP contribution in [-0.2, 0) is 24.4 Å². The van der Waals surface area contributed by atoms with E-state index in [1.807, 2.05) is 30.3 Å². The van der Waals surface area contributed by atoms with Crippen molar-refractivity contribution in [2.45, 2.75) is 19.6 Å². The van der Waals surface area contributed by atoms with E-state index in [2.05, 4.69) is 17.2 Å². The second kappa shape index (κ2) is 10.9. The number of nitrogens with one attached hydrogen (secondary N) is 2. The maximum Gasteiger partial charge on any atom is 0.332 e. The largest absolute Gasteiger partial charge is 0.348 e. The molecule has 0 aliphatic rings. The van der Waals surface area contributed by atoms with Crippen molar-refractivity contribution in [3.63, 3.8) is 0 Å². The van der Waals surface area contributed by atoms with Gasteiger partial charge in [-0.15, -0.1) is 6.58 Å². The van der Waals surface area contributed by atoms with Gasteiger partial charge >= 0.3 is 5.69 Å². The first kappa shape index (κ1) is 24.7. The van der Waals surface area contributed by atoms with Gasteiger partial charge in [-0.3, -0.25) is 23.5 Å². The molecule has 2 amide bonds. The maximum absolute atomic E-state index is 13.2. The standard InChI is InChI=1S/C27H23ClN4O4/c1-2-13-31-26(35)22-12-11-19(25(34)29-16-18-7-4-3-5-8-18)14-23(22)32(27(31)36)17-24(33)30-21-10-6-9-20(28)15-21/h2-12,14-15H,1,13,16-17H2,(H,29,34)(H,30,33). The van der Waals surface area contributed by atoms with E-state index in [1.165, 1.54) is 28.8 Å². The summed E-state index contributed by atoms with van der Waals surface area (Å²) in [7, 11) is 0. The summed E-state index contributed by atoms with van der Waals surface area (Å²) in [5.41, 5.74) is 0.605. The van der Waals surface area contributed by atoms with Crippen LogP contribution in [0.1, 0.15) is 15.9 Å². The SMILES string of the molecule is C=CCn1c(=O)c2ccc(C(=O)NCc3ccccc3)cc2n(CC(=O)Nc2cccc(Cl)c2)c1=O. The van der Waals surface area contributed by atoms with Crippen LogP contribution in [0, 0.1) is 0 Å². The van der Waals surface area contributed by atoms with Crippen molar-refractivity contribution < 1.29 is 9.59 Å². The average Bonchev–Trinajstić information content (AvgIpc) is 2.88. The molecule has 36 heavy (non-hydrogen) atoms. The first-order chi connectivity index (χ1) is 17.4. The second-order valence-electron chi connectivity index (χ2n) is 8.03. The van der Waals surface area contributed by atoms with E-state index >= 15 is 0 Å². The van der Waals surface area contributed by atoms with Crippen LogP contribution < -0.4 is 21.9 Å². The molecular formula is C27H23ClN4O4. The van der Waals surface area contributed by atoms with Gasteiger partial charge in [-0.05, 0) is 42.0 Å². The molecule has 8 nitrogen and oxygen atoms in total. The molecule has 4 rings (SSSR count). The molecular weight excluding hydrogens is 480 g/mol. The van der Waals surface area contributed by atoms with Crippen molar-refractivity contribution in [2.75, 3.05) is 5.32 Å². The van der Waals surface area contributed by atoms with Gasteiger partial charge in [0.2, 0.25) is 5.91 Å². The third kappa shape index (κ3) is 5.45. The van der Waals surface area contributed by atoms with Crippen LogP contribution in [-0.4, -0.2) is 20.9 Å². The number of halogens is 1. The lowest BCUT2D eigenvalue weighted by Crippen LogP contribution is -2.41. The van der Waals surface area contributed by atoms with Crippen molar-refractivity contribution in [3.05, 3.63) is 122 Å². The molecule has 0 bridgehead atoms. The summed E-state index contributed by atoms with van der Waals surface area (Å²) in [6.45, 7) is 3.51. The fraction of sp³-hybridized carbons (Fsp3) is 0.111. The molecule has 0 unspecified atom stereocenters. The van der Waals surface area contributed by atoms with Gasteiger partial charge in [0.1, 0.15) is 6.54 Å². The monoisotopic (exact) mass is 502 g/mol. The Morgan fingerprint density at radius 1 is 0.944 bits per heavy atom. The summed E-state index contributed by atoms with van der Waals surface area (Å²) in [4.78, 5) is 51.8. The van der Waals surface area contributed by atoms with Crippen LogP contribution in [0.15, 0.2) is 95.0 Å². The van der Waals surface area contributed by atoms with Gasteiger partial charge in [-0.2, -0.15) is 0 Å². The predicted molar refractivity (Wildman–Crippen MR) is 140 cm³/mol. The number of fused-ring (bicyclic) bond motifs is 1. The number of allylic oxidation sites excluding steroid dienone is 1. The van der Waals surface area contributed by atoms with Crippen LogP contribution in [0.3, 0.4) is 0 Å². The number of anilines is 1. The van der Waals surface area contributed by atoms with Gasteiger partial charge in [0.25, 0.3) is 11.5 Å². The molecule has 0 aliphatic carbocycles. The zero-order chi connectivity index (χ0) is 25.7. The Balaban J connectivity index is 1.71. The van der Waals surface area contributed by atoms with Crippen LogP contribution in [0.5, 0.6) is 0 Å². The number of rotatable bonds is 8. The predicted octanol–water partition coefficient (Wildman–Crippen LogP) is 3.57. The Hall–Kier alpha value is -4.43. The molecule has 0 spiro atoms. The average molecular weight is 503 g/mol. The summed E-state index contributed by atoms with van der Waals surface area (Å²) in [6.07, 6.45) is 1.43. The molecule has 9 heteroatoms. The number of amides is 2. The third-order valence-electron chi connectivity index (χ3n) is 5.51. The number of benzene rings is 3. The molecule has 0 saturated heterocycles. The highest BCUT2D eigenvalue weighted by atomic mass is 35.5. The molecule has 0 saturated carbocycles. The minimum atomic E-state index is -0.685. The minimum Gasteiger partial charge on any atom is -0.348 e. The second-order valence-corrected chi connectivity index (χ2v) is 8.47. The smallest absolute Gasteiger partial charge is 0.332 e. The number of hydrogen-bond acceptors (Lipinski definition) is 4. The van der Waals surface area contributed by atoms with Crippen LogP contribution in [0.4, 0.5) is 5.69 Å². The van der Waals surface area contributed by atoms with E-state index < -0.39 is 17.2 Å².